The van der Waals surface area contributed by atoms with Crippen molar-refractivity contribution < 1.29 is 13.5 Å². The second kappa shape index (κ2) is 7.83. The lowest BCUT2D eigenvalue weighted by atomic mass is 10.2. The lowest BCUT2D eigenvalue weighted by Crippen LogP contribution is -2.48. The molecule has 2 rings (SSSR count). The van der Waals surface area contributed by atoms with Crippen LogP contribution in [0.5, 0.6) is 0 Å². The number of aliphatic hydroxyl groups is 1. The predicted molar refractivity (Wildman–Crippen MR) is 87.7 cm³/mol. The molecule has 8 heteroatoms. The third kappa shape index (κ3) is 4.26. The molecule has 1 aromatic heterocycles. The second-order valence-electron chi connectivity index (χ2n) is 5.64. The predicted octanol–water partition coefficient (Wildman–Crippen LogP) is 1.23. The first-order valence-corrected chi connectivity index (χ1v) is 9.98. The second-order valence-corrected chi connectivity index (χ2v) is 8.97. The first-order valence-electron chi connectivity index (χ1n) is 7.72. The number of sulfonamides is 1. The summed E-state index contributed by atoms with van der Waals surface area (Å²) in [5.41, 5.74) is 0.605. The fourth-order valence-electron chi connectivity index (χ4n) is 2.69. The molecule has 1 aromatic rings. The standard InChI is InChI=1S/C14H25N3O3S2/c1-12-14(21-13(2)15-12)22(19,20)17-9-7-16(8-10-17)6-4-3-5-11-18/h18H,3-11H2,1-2H3. The average Bonchev–Trinajstić information content (AvgIpc) is 2.84. The highest BCUT2D eigenvalue weighted by molar-refractivity contribution is 7.91. The number of hydrogen-bond donors (Lipinski definition) is 1. The van der Waals surface area contributed by atoms with Crippen molar-refractivity contribution in [2.75, 3.05) is 39.3 Å². The van der Waals surface area contributed by atoms with Crippen molar-refractivity contribution in [2.24, 2.45) is 0 Å². The molecule has 0 aliphatic carbocycles. The fraction of sp³-hybridized carbons (Fsp3) is 0.786. The summed E-state index contributed by atoms with van der Waals surface area (Å²) in [6.07, 6.45) is 2.92. The van der Waals surface area contributed by atoms with Crippen molar-refractivity contribution in [3.63, 3.8) is 0 Å². The molecule has 126 valence electrons. The van der Waals surface area contributed by atoms with Gasteiger partial charge in [0.05, 0.1) is 10.7 Å². The number of hydrogen-bond acceptors (Lipinski definition) is 6. The minimum Gasteiger partial charge on any atom is -0.396 e. The first-order chi connectivity index (χ1) is 10.4. The van der Waals surface area contributed by atoms with E-state index in [1.54, 1.807) is 11.2 Å². The Hall–Kier alpha value is -0.540. The van der Waals surface area contributed by atoms with Crippen LogP contribution in [0.1, 0.15) is 30.0 Å². The highest BCUT2D eigenvalue weighted by Gasteiger charge is 2.31. The zero-order valence-electron chi connectivity index (χ0n) is 13.3. The molecule has 6 nitrogen and oxygen atoms in total. The number of unbranched alkanes of at least 4 members (excludes halogenated alkanes) is 2. The van der Waals surface area contributed by atoms with Crippen LogP contribution < -0.4 is 0 Å². The molecule has 0 atom stereocenters. The Labute approximate surface area is 136 Å². The third-order valence-electron chi connectivity index (χ3n) is 3.90. The van der Waals surface area contributed by atoms with Crippen molar-refractivity contribution >= 4 is 21.4 Å². The van der Waals surface area contributed by atoms with Crippen LogP contribution >= 0.6 is 11.3 Å². The number of rotatable bonds is 7. The van der Waals surface area contributed by atoms with Crippen molar-refractivity contribution in [3.8, 4) is 0 Å². The normalized spacial score (nSPS) is 18.0. The maximum absolute atomic E-state index is 12.7. The van der Waals surface area contributed by atoms with Crippen LogP contribution in [0.3, 0.4) is 0 Å². The topological polar surface area (TPSA) is 73.7 Å². The molecular formula is C14H25N3O3S2. The van der Waals surface area contributed by atoms with Gasteiger partial charge in [0.2, 0.25) is 0 Å². The average molecular weight is 348 g/mol. The van der Waals surface area contributed by atoms with E-state index in [1.807, 2.05) is 6.92 Å². The highest BCUT2D eigenvalue weighted by Crippen LogP contribution is 2.26. The Morgan fingerprint density at radius 1 is 1.14 bits per heavy atom. The molecule has 1 N–H and O–H groups in total. The summed E-state index contributed by atoms with van der Waals surface area (Å²) in [5, 5.41) is 9.56. The van der Waals surface area contributed by atoms with Gasteiger partial charge in [-0.2, -0.15) is 4.31 Å². The van der Waals surface area contributed by atoms with Gasteiger partial charge in [0, 0.05) is 32.8 Å². The van der Waals surface area contributed by atoms with Gasteiger partial charge < -0.3 is 10.0 Å². The van der Waals surface area contributed by atoms with Gasteiger partial charge in [-0.15, -0.1) is 11.3 Å². The molecule has 1 fully saturated rings. The molecular weight excluding hydrogens is 322 g/mol. The first kappa shape index (κ1) is 17.8. The van der Waals surface area contributed by atoms with Gasteiger partial charge in [-0.3, -0.25) is 0 Å². The van der Waals surface area contributed by atoms with Crippen LogP contribution in [0.2, 0.25) is 0 Å². The molecule has 0 bridgehead atoms. The minimum atomic E-state index is -3.39. The van der Waals surface area contributed by atoms with Gasteiger partial charge in [0.25, 0.3) is 10.0 Å². The van der Waals surface area contributed by atoms with Crippen molar-refractivity contribution in [3.05, 3.63) is 10.7 Å². The number of aryl methyl sites for hydroxylation is 2. The summed E-state index contributed by atoms with van der Waals surface area (Å²) in [5.74, 6) is 0. The smallest absolute Gasteiger partial charge is 0.254 e. The van der Waals surface area contributed by atoms with Gasteiger partial charge in [-0.1, -0.05) is 0 Å². The van der Waals surface area contributed by atoms with E-state index in [0.29, 0.717) is 23.0 Å². The van der Waals surface area contributed by atoms with E-state index in [-0.39, 0.29) is 6.61 Å². The molecule has 2 heterocycles. The van der Waals surface area contributed by atoms with E-state index in [4.69, 9.17) is 5.11 Å². The zero-order chi connectivity index (χ0) is 16.2. The van der Waals surface area contributed by atoms with Crippen LogP contribution in [-0.4, -0.2) is 67.0 Å². The molecule has 0 amide bonds. The van der Waals surface area contributed by atoms with Gasteiger partial charge in [-0.05, 0) is 39.7 Å². The Morgan fingerprint density at radius 3 is 2.36 bits per heavy atom. The quantitative estimate of drug-likeness (QED) is 0.751. The van der Waals surface area contributed by atoms with Gasteiger partial charge in [0.1, 0.15) is 0 Å². The molecule has 1 aliphatic heterocycles. The third-order valence-corrected chi connectivity index (χ3v) is 7.46. The molecule has 22 heavy (non-hydrogen) atoms. The molecule has 0 saturated carbocycles. The van der Waals surface area contributed by atoms with Gasteiger partial charge >= 0.3 is 0 Å². The minimum absolute atomic E-state index is 0.250. The van der Waals surface area contributed by atoms with Crippen LogP contribution in [-0.2, 0) is 10.0 Å². The van der Waals surface area contributed by atoms with E-state index < -0.39 is 10.0 Å². The molecule has 0 radical (unpaired) electrons. The summed E-state index contributed by atoms with van der Waals surface area (Å²) < 4.78 is 27.3. The zero-order valence-corrected chi connectivity index (χ0v) is 14.9. The summed E-state index contributed by atoms with van der Waals surface area (Å²) in [6.45, 7) is 7.45. The Bertz CT molecular complexity index is 578. The van der Waals surface area contributed by atoms with Crippen molar-refractivity contribution in [1.29, 1.82) is 0 Å². The maximum Gasteiger partial charge on any atom is 0.254 e. The number of nitrogens with zero attached hydrogens (tertiary/aromatic N) is 3. The Morgan fingerprint density at radius 2 is 1.82 bits per heavy atom. The molecule has 0 unspecified atom stereocenters. The molecule has 0 spiro atoms. The Balaban J connectivity index is 1.89. The van der Waals surface area contributed by atoms with E-state index in [1.165, 1.54) is 11.3 Å². The number of piperazine rings is 1. The van der Waals surface area contributed by atoms with Crippen LogP contribution in [0, 0.1) is 13.8 Å². The molecule has 0 aromatic carbocycles. The summed E-state index contributed by atoms with van der Waals surface area (Å²) in [7, 11) is -3.39. The maximum atomic E-state index is 12.7. The van der Waals surface area contributed by atoms with Crippen molar-refractivity contribution in [2.45, 2.75) is 37.3 Å². The highest BCUT2D eigenvalue weighted by atomic mass is 32.2. The summed E-state index contributed by atoms with van der Waals surface area (Å²) >= 11 is 1.26. The van der Waals surface area contributed by atoms with Gasteiger partial charge in [-0.25, -0.2) is 13.4 Å². The van der Waals surface area contributed by atoms with Crippen LogP contribution in [0.15, 0.2) is 4.21 Å². The monoisotopic (exact) mass is 347 g/mol. The van der Waals surface area contributed by atoms with E-state index in [0.717, 1.165) is 43.9 Å². The largest absolute Gasteiger partial charge is 0.396 e. The number of aliphatic hydroxyl groups excluding tert-OH is 1. The molecule has 1 aliphatic rings. The van der Waals surface area contributed by atoms with E-state index >= 15 is 0 Å². The molecule has 1 saturated heterocycles. The van der Waals surface area contributed by atoms with E-state index in [2.05, 4.69) is 9.88 Å². The fourth-order valence-corrected chi connectivity index (χ4v) is 5.73. The summed E-state index contributed by atoms with van der Waals surface area (Å²) in [6, 6.07) is 0. The lowest BCUT2D eigenvalue weighted by Gasteiger charge is -2.33. The van der Waals surface area contributed by atoms with Gasteiger partial charge in [0.15, 0.2) is 4.21 Å². The Kier molecular flexibility index (Phi) is 6.34. The van der Waals surface area contributed by atoms with E-state index in [9.17, 15) is 8.42 Å². The van der Waals surface area contributed by atoms with Crippen LogP contribution in [0.25, 0.3) is 0 Å². The number of aromatic nitrogens is 1. The van der Waals surface area contributed by atoms with Crippen molar-refractivity contribution in [1.82, 2.24) is 14.2 Å². The summed E-state index contributed by atoms with van der Waals surface area (Å²) in [4.78, 5) is 6.53. The van der Waals surface area contributed by atoms with Crippen LogP contribution in [0.4, 0.5) is 0 Å². The lowest BCUT2D eigenvalue weighted by molar-refractivity contribution is 0.183. The SMILES string of the molecule is Cc1nc(C)c(S(=O)(=O)N2CCN(CCCCCO)CC2)s1. The number of thiazole rings is 1.